The maximum atomic E-state index is 9.34. The first-order valence-corrected chi connectivity index (χ1v) is 6.61. The van der Waals surface area contributed by atoms with E-state index in [1.54, 1.807) is 12.1 Å². The molecule has 2 nitrogen and oxygen atoms in total. The number of hydrogen-bond donors (Lipinski definition) is 1. The van der Waals surface area contributed by atoms with Crippen LogP contribution in [0.5, 0.6) is 5.75 Å². The molecule has 0 aliphatic rings. The molecule has 1 atom stereocenters. The van der Waals surface area contributed by atoms with Gasteiger partial charge in [-0.2, -0.15) is 0 Å². The average Bonchev–Trinajstić information content (AvgIpc) is 2.30. The smallest absolute Gasteiger partial charge is 0.115 e. The van der Waals surface area contributed by atoms with Crippen molar-refractivity contribution in [3.8, 4) is 5.75 Å². The van der Waals surface area contributed by atoms with Gasteiger partial charge in [-0.1, -0.05) is 39.8 Å². The number of phenols is 1. The molecule has 0 aromatic heterocycles. The standard InChI is InChI=1S/C15H25NO/c1-5-15(16(6-2)11-12(3)4)13-7-9-14(17)10-8-13/h7-10,12,15,17H,5-6,11H2,1-4H3. The lowest BCUT2D eigenvalue weighted by atomic mass is 10.0. The predicted octanol–water partition coefficient (Wildman–Crippen LogP) is 3.82. The monoisotopic (exact) mass is 235 g/mol. The summed E-state index contributed by atoms with van der Waals surface area (Å²) in [6, 6.07) is 8.09. The molecule has 0 radical (unpaired) electrons. The third kappa shape index (κ3) is 4.04. The van der Waals surface area contributed by atoms with Crippen LogP contribution in [-0.4, -0.2) is 23.1 Å². The second kappa shape index (κ2) is 6.65. The van der Waals surface area contributed by atoms with Crippen LogP contribution in [0.3, 0.4) is 0 Å². The van der Waals surface area contributed by atoms with Gasteiger partial charge >= 0.3 is 0 Å². The van der Waals surface area contributed by atoms with Crippen LogP contribution in [0.2, 0.25) is 0 Å². The lowest BCUT2D eigenvalue weighted by molar-refractivity contribution is 0.180. The first-order valence-electron chi connectivity index (χ1n) is 6.61. The molecule has 1 aromatic rings. The van der Waals surface area contributed by atoms with Crippen molar-refractivity contribution in [1.29, 1.82) is 0 Å². The lowest BCUT2D eigenvalue weighted by Crippen LogP contribution is -2.31. The van der Waals surface area contributed by atoms with Crippen molar-refractivity contribution >= 4 is 0 Å². The van der Waals surface area contributed by atoms with E-state index in [4.69, 9.17) is 0 Å². The second-order valence-corrected chi connectivity index (χ2v) is 5.00. The molecule has 0 heterocycles. The van der Waals surface area contributed by atoms with E-state index in [1.165, 1.54) is 5.56 Å². The molecule has 0 bridgehead atoms. The van der Waals surface area contributed by atoms with Crippen molar-refractivity contribution in [2.75, 3.05) is 13.1 Å². The number of hydrogen-bond acceptors (Lipinski definition) is 2. The lowest BCUT2D eigenvalue weighted by Gasteiger charge is -2.31. The summed E-state index contributed by atoms with van der Waals surface area (Å²) in [5, 5.41) is 9.34. The Kier molecular flexibility index (Phi) is 5.49. The minimum atomic E-state index is 0.343. The van der Waals surface area contributed by atoms with Gasteiger partial charge in [0.15, 0.2) is 0 Å². The quantitative estimate of drug-likeness (QED) is 0.810. The molecule has 0 aliphatic carbocycles. The summed E-state index contributed by atoms with van der Waals surface area (Å²) >= 11 is 0. The summed E-state index contributed by atoms with van der Waals surface area (Å²) in [5.41, 5.74) is 1.30. The Balaban J connectivity index is 2.84. The van der Waals surface area contributed by atoms with Gasteiger partial charge in [0.05, 0.1) is 0 Å². The number of aromatic hydroxyl groups is 1. The van der Waals surface area contributed by atoms with Gasteiger partial charge in [-0.3, -0.25) is 4.90 Å². The molecule has 17 heavy (non-hydrogen) atoms. The summed E-state index contributed by atoms with van der Waals surface area (Å²) < 4.78 is 0. The molecule has 0 saturated heterocycles. The van der Waals surface area contributed by atoms with E-state index in [2.05, 4.69) is 32.6 Å². The van der Waals surface area contributed by atoms with Crippen LogP contribution in [0, 0.1) is 5.92 Å². The van der Waals surface area contributed by atoms with Crippen LogP contribution in [0.25, 0.3) is 0 Å². The van der Waals surface area contributed by atoms with E-state index in [1.807, 2.05) is 12.1 Å². The molecule has 1 aromatic carbocycles. The molecule has 0 spiro atoms. The maximum absolute atomic E-state index is 9.34. The Hall–Kier alpha value is -1.02. The first kappa shape index (κ1) is 14.0. The summed E-state index contributed by atoms with van der Waals surface area (Å²) in [7, 11) is 0. The van der Waals surface area contributed by atoms with Gasteiger partial charge in [-0.15, -0.1) is 0 Å². The topological polar surface area (TPSA) is 23.5 Å². The fourth-order valence-electron chi connectivity index (χ4n) is 2.35. The molecular formula is C15H25NO. The third-order valence-corrected chi connectivity index (χ3v) is 3.11. The molecule has 1 unspecified atom stereocenters. The number of phenolic OH excluding ortho intramolecular Hbond substituents is 1. The second-order valence-electron chi connectivity index (χ2n) is 5.00. The van der Waals surface area contributed by atoms with E-state index < -0.39 is 0 Å². The molecule has 2 heteroatoms. The first-order chi connectivity index (χ1) is 8.08. The van der Waals surface area contributed by atoms with E-state index in [9.17, 15) is 5.11 Å². The third-order valence-electron chi connectivity index (χ3n) is 3.11. The van der Waals surface area contributed by atoms with Gasteiger partial charge in [-0.25, -0.2) is 0 Å². The Bertz CT molecular complexity index is 318. The minimum absolute atomic E-state index is 0.343. The number of nitrogens with zero attached hydrogens (tertiary/aromatic N) is 1. The zero-order chi connectivity index (χ0) is 12.8. The number of benzene rings is 1. The van der Waals surface area contributed by atoms with E-state index >= 15 is 0 Å². The normalized spacial score (nSPS) is 13.3. The van der Waals surface area contributed by atoms with Crippen molar-refractivity contribution in [3.05, 3.63) is 29.8 Å². The van der Waals surface area contributed by atoms with Gasteiger partial charge in [-0.05, 0) is 36.6 Å². The Labute approximate surface area is 105 Å². The molecule has 0 fully saturated rings. The SMILES string of the molecule is CCC(c1ccc(O)cc1)N(CC)CC(C)C. The van der Waals surface area contributed by atoms with Crippen LogP contribution in [0.4, 0.5) is 0 Å². The van der Waals surface area contributed by atoms with Gasteiger partial charge in [0.25, 0.3) is 0 Å². The molecule has 0 amide bonds. The van der Waals surface area contributed by atoms with E-state index in [0.717, 1.165) is 19.5 Å². The van der Waals surface area contributed by atoms with Gasteiger partial charge in [0, 0.05) is 12.6 Å². The average molecular weight is 235 g/mol. The fraction of sp³-hybridized carbons (Fsp3) is 0.600. The molecular weight excluding hydrogens is 210 g/mol. The highest BCUT2D eigenvalue weighted by Crippen LogP contribution is 2.26. The van der Waals surface area contributed by atoms with Crippen molar-refractivity contribution in [2.24, 2.45) is 5.92 Å². The Morgan fingerprint density at radius 3 is 2.12 bits per heavy atom. The highest BCUT2D eigenvalue weighted by molar-refractivity contribution is 5.28. The molecule has 1 N–H and O–H groups in total. The fourth-order valence-corrected chi connectivity index (χ4v) is 2.35. The predicted molar refractivity (Wildman–Crippen MR) is 73.2 cm³/mol. The van der Waals surface area contributed by atoms with E-state index in [0.29, 0.717) is 17.7 Å². The zero-order valence-electron chi connectivity index (χ0n) is 11.5. The summed E-state index contributed by atoms with van der Waals surface area (Å²) in [6.45, 7) is 11.1. The Morgan fingerprint density at radius 1 is 1.12 bits per heavy atom. The summed E-state index contributed by atoms with van der Waals surface area (Å²) in [6.07, 6.45) is 1.10. The van der Waals surface area contributed by atoms with Crippen LogP contribution in [0.1, 0.15) is 45.7 Å². The van der Waals surface area contributed by atoms with Crippen molar-refractivity contribution in [3.63, 3.8) is 0 Å². The molecule has 0 aliphatic heterocycles. The zero-order valence-corrected chi connectivity index (χ0v) is 11.5. The summed E-state index contributed by atoms with van der Waals surface area (Å²) in [5.74, 6) is 1.02. The highest BCUT2D eigenvalue weighted by Gasteiger charge is 2.17. The van der Waals surface area contributed by atoms with Crippen LogP contribution in [-0.2, 0) is 0 Å². The minimum Gasteiger partial charge on any atom is -0.508 e. The maximum Gasteiger partial charge on any atom is 0.115 e. The van der Waals surface area contributed by atoms with Gasteiger partial charge in [0.1, 0.15) is 5.75 Å². The van der Waals surface area contributed by atoms with Gasteiger partial charge in [0.2, 0.25) is 0 Å². The van der Waals surface area contributed by atoms with Crippen molar-refractivity contribution < 1.29 is 5.11 Å². The van der Waals surface area contributed by atoms with Crippen molar-refractivity contribution in [2.45, 2.75) is 40.2 Å². The summed E-state index contributed by atoms with van der Waals surface area (Å²) in [4.78, 5) is 2.51. The number of rotatable bonds is 6. The van der Waals surface area contributed by atoms with E-state index in [-0.39, 0.29) is 0 Å². The molecule has 0 saturated carbocycles. The molecule has 96 valence electrons. The largest absolute Gasteiger partial charge is 0.508 e. The highest BCUT2D eigenvalue weighted by atomic mass is 16.3. The Morgan fingerprint density at radius 2 is 1.71 bits per heavy atom. The van der Waals surface area contributed by atoms with Gasteiger partial charge < -0.3 is 5.11 Å². The van der Waals surface area contributed by atoms with Crippen LogP contribution in [0.15, 0.2) is 24.3 Å². The van der Waals surface area contributed by atoms with Crippen LogP contribution < -0.4 is 0 Å². The van der Waals surface area contributed by atoms with Crippen molar-refractivity contribution in [1.82, 2.24) is 4.90 Å². The van der Waals surface area contributed by atoms with Crippen LogP contribution >= 0.6 is 0 Å². The molecule has 1 rings (SSSR count).